The van der Waals surface area contributed by atoms with Crippen molar-refractivity contribution in [2.75, 3.05) is 20.2 Å². The fourth-order valence-corrected chi connectivity index (χ4v) is 3.48. The van der Waals surface area contributed by atoms with Crippen LogP contribution in [0.2, 0.25) is 0 Å². The Hall–Kier alpha value is -2.44. The lowest BCUT2D eigenvalue weighted by Gasteiger charge is -2.32. The number of piperidine rings is 1. The number of rotatable bonds is 5. The quantitative estimate of drug-likeness (QED) is 0.778. The van der Waals surface area contributed by atoms with Gasteiger partial charge >= 0.3 is 0 Å². The summed E-state index contributed by atoms with van der Waals surface area (Å²) in [4.78, 5) is 14.7. The van der Waals surface area contributed by atoms with Crippen molar-refractivity contribution in [3.63, 3.8) is 0 Å². The molecule has 0 saturated carbocycles. The molecule has 1 aliphatic rings. The SMILES string of the molecule is COc1ccc(C(=O)NC(=S)NC2CCN(Cc3ccccc3)CC2)cc1. The first-order chi connectivity index (χ1) is 13.1. The van der Waals surface area contributed by atoms with E-state index in [2.05, 4.69) is 39.8 Å². The second-order valence-corrected chi connectivity index (χ2v) is 7.10. The van der Waals surface area contributed by atoms with Crippen LogP contribution in [0.4, 0.5) is 0 Å². The highest BCUT2D eigenvalue weighted by atomic mass is 32.1. The largest absolute Gasteiger partial charge is 0.497 e. The van der Waals surface area contributed by atoms with Crippen LogP contribution in [0, 0.1) is 0 Å². The molecule has 0 aromatic heterocycles. The molecule has 0 unspecified atom stereocenters. The van der Waals surface area contributed by atoms with Crippen LogP contribution in [0.15, 0.2) is 54.6 Å². The summed E-state index contributed by atoms with van der Waals surface area (Å²) in [5.41, 5.74) is 1.89. The smallest absolute Gasteiger partial charge is 0.257 e. The number of thiocarbonyl (C=S) groups is 1. The molecule has 142 valence electrons. The van der Waals surface area contributed by atoms with E-state index in [9.17, 15) is 4.79 Å². The molecule has 5 nitrogen and oxygen atoms in total. The molecule has 2 aromatic rings. The Morgan fingerprint density at radius 3 is 2.41 bits per heavy atom. The zero-order valence-electron chi connectivity index (χ0n) is 15.5. The molecule has 0 radical (unpaired) electrons. The summed E-state index contributed by atoms with van der Waals surface area (Å²) < 4.78 is 5.10. The van der Waals surface area contributed by atoms with Gasteiger partial charge in [0.05, 0.1) is 7.11 Å². The maximum absolute atomic E-state index is 12.3. The summed E-state index contributed by atoms with van der Waals surface area (Å²) >= 11 is 5.31. The molecule has 0 spiro atoms. The molecule has 2 N–H and O–H groups in total. The maximum Gasteiger partial charge on any atom is 0.257 e. The Morgan fingerprint density at radius 1 is 1.11 bits per heavy atom. The first kappa shape index (κ1) is 19.3. The van der Waals surface area contributed by atoms with E-state index in [1.807, 2.05) is 6.07 Å². The summed E-state index contributed by atoms with van der Waals surface area (Å²) in [5, 5.41) is 6.42. The van der Waals surface area contributed by atoms with Crippen molar-refractivity contribution >= 4 is 23.2 Å². The van der Waals surface area contributed by atoms with Crippen molar-refractivity contribution in [3.05, 3.63) is 65.7 Å². The minimum absolute atomic E-state index is 0.211. The van der Waals surface area contributed by atoms with E-state index >= 15 is 0 Å². The normalized spacial score (nSPS) is 15.1. The van der Waals surface area contributed by atoms with Gasteiger partial charge in [0.2, 0.25) is 0 Å². The number of benzene rings is 2. The van der Waals surface area contributed by atoms with Crippen LogP contribution < -0.4 is 15.4 Å². The monoisotopic (exact) mass is 383 g/mol. The van der Waals surface area contributed by atoms with Crippen molar-refractivity contribution < 1.29 is 9.53 Å². The van der Waals surface area contributed by atoms with Crippen molar-refractivity contribution in [2.24, 2.45) is 0 Å². The van der Waals surface area contributed by atoms with Gasteiger partial charge in [-0.2, -0.15) is 0 Å². The van der Waals surface area contributed by atoms with Crippen LogP contribution in [-0.4, -0.2) is 42.2 Å². The highest BCUT2D eigenvalue weighted by Gasteiger charge is 2.20. The van der Waals surface area contributed by atoms with Gasteiger partial charge in [0, 0.05) is 31.2 Å². The third kappa shape index (κ3) is 5.77. The predicted octanol–water partition coefficient (Wildman–Crippen LogP) is 2.96. The third-order valence-electron chi connectivity index (χ3n) is 4.75. The van der Waals surface area contributed by atoms with Gasteiger partial charge in [0.15, 0.2) is 5.11 Å². The zero-order chi connectivity index (χ0) is 19.1. The zero-order valence-corrected chi connectivity index (χ0v) is 16.3. The minimum atomic E-state index is -0.211. The average molecular weight is 384 g/mol. The number of ether oxygens (including phenoxy) is 1. The van der Waals surface area contributed by atoms with Gasteiger partial charge in [-0.05, 0) is 54.9 Å². The summed E-state index contributed by atoms with van der Waals surface area (Å²) in [6.45, 7) is 3.01. The number of amides is 1. The first-order valence-electron chi connectivity index (χ1n) is 9.16. The fraction of sp³-hybridized carbons (Fsp3) is 0.333. The van der Waals surface area contributed by atoms with E-state index in [0.29, 0.717) is 16.7 Å². The molecule has 0 atom stereocenters. The predicted molar refractivity (Wildman–Crippen MR) is 111 cm³/mol. The summed E-state index contributed by atoms with van der Waals surface area (Å²) in [6, 6.07) is 17.8. The van der Waals surface area contributed by atoms with Crippen LogP contribution >= 0.6 is 12.2 Å². The Kier molecular flexibility index (Phi) is 6.79. The third-order valence-corrected chi connectivity index (χ3v) is 4.97. The molecular weight excluding hydrogens is 358 g/mol. The Balaban J connectivity index is 1.41. The molecule has 6 heteroatoms. The molecular formula is C21H25N3O2S. The van der Waals surface area contributed by atoms with Gasteiger partial charge in [-0.25, -0.2) is 0 Å². The average Bonchev–Trinajstić information content (AvgIpc) is 2.70. The Labute approximate surface area is 165 Å². The van der Waals surface area contributed by atoms with E-state index in [4.69, 9.17) is 17.0 Å². The van der Waals surface area contributed by atoms with E-state index in [1.54, 1.807) is 31.4 Å². The number of carbonyl (C=O) groups is 1. The molecule has 0 bridgehead atoms. The molecule has 1 heterocycles. The molecule has 1 amide bonds. The van der Waals surface area contributed by atoms with Crippen LogP contribution in [0.25, 0.3) is 0 Å². The van der Waals surface area contributed by atoms with Crippen LogP contribution in [-0.2, 0) is 6.54 Å². The van der Waals surface area contributed by atoms with E-state index in [1.165, 1.54) is 5.56 Å². The molecule has 1 fully saturated rings. The van der Waals surface area contributed by atoms with Crippen LogP contribution in [0.5, 0.6) is 5.75 Å². The minimum Gasteiger partial charge on any atom is -0.497 e. The molecule has 3 rings (SSSR count). The van der Waals surface area contributed by atoms with Gasteiger partial charge < -0.3 is 10.1 Å². The Morgan fingerprint density at radius 2 is 1.78 bits per heavy atom. The summed E-state index contributed by atoms with van der Waals surface area (Å²) in [6.07, 6.45) is 2.01. The second kappa shape index (κ2) is 9.48. The summed E-state index contributed by atoms with van der Waals surface area (Å²) in [7, 11) is 1.60. The van der Waals surface area contributed by atoms with Crippen molar-refractivity contribution in [3.8, 4) is 5.75 Å². The van der Waals surface area contributed by atoms with Gasteiger partial charge in [0.25, 0.3) is 5.91 Å². The standard InChI is InChI=1S/C21H25N3O2S/c1-26-19-9-7-17(8-10-19)20(25)23-21(27)22-18-11-13-24(14-12-18)15-16-5-3-2-4-6-16/h2-10,18H,11-15H2,1H3,(H2,22,23,25,27). The van der Waals surface area contributed by atoms with Crippen molar-refractivity contribution in [1.82, 2.24) is 15.5 Å². The summed E-state index contributed by atoms with van der Waals surface area (Å²) in [5.74, 6) is 0.506. The van der Waals surface area contributed by atoms with Crippen molar-refractivity contribution in [2.45, 2.75) is 25.4 Å². The number of likely N-dealkylation sites (tertiary alicyclic amines) is 1. The lowest BCUT2D eigenvalue weighted by molar-refractivity contribution is 0.0976. The molecule has 27 heavy (non-hydrogen) atoms. The number of hydrogen-bond acceptors (Lipinski definition) is 4. The second-order valence-electron chi connectivity index (χ2n) is 6.69. The number of nitrogens with zero attached hydrogens (tertiary/aromatic N) is 1. The van der Waals surface area contributed by atoms with Gasteiger partial charge in [-0.1, -0.05) is 30.3 Å². The first-order valence-corrected chi connectivity index (χ1v) is 9.57. The fourth-order valence-electron chi connectivity index (χ4n) is 3.22. The number of methoxy groups -OCH3 is 1. The van der Waals surface area contributed by atoms with E-state index in [-0.39, 0.29) is 5.91 Å². The Bertz CT molecular complexity index is 757. The highest BCUT2D eigenvalue weighted by molar-refractivity contribution is 7.80. The number of hydrogen-bond donors (Lipinski definition) is 2. The van der Waals surface area contributed by atoms with Crippen LogP contribution in [0.1, 0.15) is 28.8 Å². The van der Waals surface area contributed by atoms with Gasteiger partial charge in [-0.3, -0.25) is 15.0 Å². The van der Waals surface area contributed by atoms with Crippen molar-refractivity contribution in [1.29, 1.82) is 0 Å². The van der Waals surface area contributed by atoms with Gasteiger partial charge in [-0.15, -0.1) is 0 Å². The van der Waals surface area contributed by atoms with E-state index in [0.717, 1.165) is 38.2 Å². The highest BCUT2D eigenvalue weighted by Crippen LogP contribution is 2.14. The topological polar surface area (TPSA) is 53.6 Å². The van der Waals surface area contributed by atoms with Crippen LogP contribution in [0.3, 0.4) is 0 Å². The number of carbonyl (C=O) groups excluding carboxylic acids is 1. The molecule has 1 aliphatic heterocycles. The van der Waals surface area contributed by atoms with Gasteiger partial charge in [0.1, 0.15) is 5.75 Å². The molecule has 0 aliphatic carbocycles. The van der Waals surface area contributed by atoms with E-state index < -0.39 is 0 Å². The maximum atomic E-state index is 12.3. The molecule has 2 aromatic carbocycles. The molecule has 1 saturated heterocycles. The lowest BCUT2D eigenvalue weighted by Crippen LogP contribution is -2.48. The lowest BCUT2D eigenvalue weighted by atomic mass is 10.0. The number of nitrogens with one attached hydrogen (secondary N) is 2.